The Hall–Kier alpha value is -1.08. The number of nitrogens with zero attached hydrogens (tertiary/aromatic N) is 1. The molecule has 0 aromatic rings. The predicted octanol–water partition coefficient (Wildman–Crippen LogP) is -1.30. The van der Waals surface area contributed by atoms with Crippen molar-refractivity contribution < 1.29 is 14.7 Å². The smallest absolute Gasteiger partial charge is 0.316 e. The molecule has 7 heteroatoms. The number of thioether (sulfide) groups is 1. The Morgan fingerprint density at radius 1 is 1.40 bits per heavy atom. The molecule has 0 aromatic heterocycles. The molecule has 15 heavy (non-hydrogen) atoms. The number of aliphatic hydroxyl groups is 1. The minimum Gasteiger partial charge on any atom is -0.395 e. The van der Waals surface area contributed by atoms with Crippen molar-refractivity contribution in [3.8, 4) is 0 Å². The summed E-state index contributed by atoms with van der Waals surface area (Å²) in [5.74, 6) is -1.25. The number of aliphatic imine (C=N–C) groups is 1. The molecule has 6 nitrogen and oxygen atoms in total. The molecule has 1 fully saturated rings. The number of amides is 2. The molecule has 2 unspecified atom stereocenters. The lowest BCUT2D eigenvalue weighted by atomic mass is 10.2. The average Bonchev–Trinajstić information content (AvgIpc) is 2.47. The van der Waals surface area contributed by atoms with E-state index < -0.39 is 11.8 Å². The maximum atomic E-state index is 10.8. The van der Waals surface area contributed by atoms with Gasteiger partial charge in [-0.2, -0.15) is 11.8 Å². The maximum absolute atomic E-state index is 10.8. The first-order chi connectivity index (χ1) is 7.08. The van der Waals surface area contributed by atoms with Gasteiger partial charge in [0.05, 0.1) is 12.6 Å². The van der Waals surface area contributed by atoms with Crippen molar-refractivity contribution in [1.82, 2.24) is 10.6 Å². The molecule has 2 atom stereocenters. The highest BCUT2D eigenvalue weighted by molar-refractivity contribution is 7.99. The van der Waals surface area contributed by atoms with Crippen LogP contribution in [0.2, 0.25) is 0 Å². The van der Waals surface area contributed by atoms with E-state index in [0.29, 0.717) is 0 Å². The summed E-state index contributed by atoms with van der Waals surface area (Å²) in [6.45, 7) is 1.81. The van der Waals surface area contributed by atoms with Gasteiger partial charge in [-0.05, 0) is 13.2 Å². The number of aliphatic hydroxyl groups excluding tert-OH is 1. The van der Waals surface area contributed by atoms with Gasteiger partial charge in [0.2, 0.25) is 5.96 Å². The molecule has 1 saturated heterocycles. The van der Waals surface area contributed by atoms with Crippen LogP contribution in [0.25, 0.3) is 0 Å². The topological polar surface area (TPSA) is 90.8 Å². The normalized spacial score (nSPS) is 19.5. The van der Waals surface area contributed by atoms with Crippen LogP contribution in [0.15, 0.2) is 4.99 Å². The second-order valence-corrected chi connectivity index (χ2v) is 4.16. The van der Waals surface area contributed by atoms with Crippen LogP contribution in [-0.4, -0.2) is 47.0 Å². The third-order valence-electron chi connectivity index (χ3n) is 2.02. The minimum atomic E-state index is -0.703. The van der Waals surface area contributed by atoms with Crippen molar-refractivity contribution in [2.75, 3.05) is 12.9 Å². The highest BCUT2D eigenvalue weighted by Gasteiger charge is 2.26. The first kappa shape index (κ1) is 12.0. The number of carbonyl (C=O) groups excluding carboxylic acids is 2. The Morgan fingerprint density at radius 3 is 2.33 bits per heavy atom. The van der Waals surface area contributed by atoms with Crippen molar-refractivity contribution in [3.63, 3.8) is 0 Å². The fourth-order valence-corrected chi connectivity index (χ4v) is 1.74. The van der Waals surface area contributed by atoms with Gasteiger partial charge < -0.3 is 5.11 Å². The minimum absolute atomic E-state index is 0.000998. The lowest BCUT2D eigenvalue weighted by Crippen LogP contribution is -2.31. The van der Waals surface area contributed by atoms with Crippen molar-refractivity contribution in [2.24, 2.45) is 4.99 Å². The van der Waals surface area contributed by atoms with Gasteiger partial charge in [-0.25, -0.2) is 4.99 Å². The average molecular weight is 231 g/mol. The summed E-state index contributed by atoms with van der Waals surface area (Å²) in [5.41, 5.74) is 0. The van der Waals surface area contributed by atoms with Crippen LogP contribution in [0.4, 0.5) is 0 Å². The van der Waals surface area contributed by atoms with Gasteiger partial charge in [-0.15, -0.1) is 0 Å². The number of guanidine groups is 1. The first-order valence-corrected chi connectivity index (χ1v) is 5.71. The lowest BCUT2D eigenvalue weighted by Gasteiger charge is -2.16. The summed E-state index contributed by atoms with van der Waals surface area (Å²) in [6, 6.07) is -0.182. The van der Waals surface area contributed by atoms with E-state index >= 15 is 0 Å². The van der Waals surface area contributed by atoms with Gasteiger partial charge in [0, 0.05) is 5.25 Å². The third kappa shape index (κ3) is 2.93. The largest absolute Gasteiger partial charge is 0.395 e. The molecular weight excluding hydrogens is 218 g/mol. The van der Waals surface area contributed by atoms with Gasteiger partial charge in [-0.3, -0.25) is 20.2 Å². The molecule has 3 N–H and O–H groups in total. The van der Waals surface area contributed by atoms with E-state index in [-0.39, 0.29) is 23.9 Å². The summed E-state index contributed by atoms with van der Waals surface area (Å²) in [4.78, 5) is 25.7. The van der Waals surface area contributed by atoms with Crippen molar-refractivity contribution in [3.05, 3.63) is 0 Å². The van der Waals surface area contributed by atoms with Gasteiger partial charge in [0.25, 0.3) is 0 Å². The van der Waals surface area contributed by atoms with E-state index in [2.05, 4.69) is 15.6 Å². The highest BCUT2D eigenvalue weighted by Crippen LogP contribution is 2.13. The van der Waals surface area contributed by atoms with E-state index in [1.807, 2.05) is 6.26 Å². The molecule has 1 aliphatic heterocycles. The number of carbonyl (C=O) groups is 2. The second kappa shape index (κ2) is 5.13. The van der Waals surface area contributed by atoms with Gasteiger partial charge in [-0.1, -0.05) is 0 Å². The second-order valence-electron chi connectivity index (χ2n) is 3.08. The molecule has 84 valence electrons. The van der Waals surface area contributed by atoms with Crippen LogP contribution in [0.1, 0.15) is 6.92 Å². The predicted molar refractivity (Wildman–Crippen MR) is 57.6 cm³/mol. The van der Waals surface area contributed by atoms with Gasteiger partial charge in [0.1, 0.15) is 0 Å². The van der Waals surface area contributed by atoms with Crippen molar-refractivity contribution in [2.45, 2.75) is 18.2 Å². The first-order valence-electron chi connectivity index (χ1n) is 4.42. The van der Waals surface area contributed by atoms with Crippen LogP contribution in [0, 0.1) is 0 Å². The Morgan fingerprint density at radius 2 is 1.93 bits per heavy atom. The molecular formula is C8H13N3O3S. The van der Waals surface area contributed by atoms with E-state index in [0.717, 1.165) is 0 Å². The summed E-state index contributed by atoms with van der Waals surface area (Å²) >= 11 is 1.48. The van der Waals surface area contributed by atoms with Crippen molar-refractivity contribution >= 4 is 29.5 Å². The summed E-state index contributed by atoms with van der Waals surface area (Å²) in [5, 5.41) is 13.6. The molecule has 2 amide bonds. The molecule has 1 aliphatic rings. The number of hydrogen-bond donors (Lipinski definition) is 3. The van der Waals surface area contributed by atoms with Gasteiger partial charge in [0.15, 0.2) is 0 Å². The van der Waals surface area contributed by atoms with E-state index in [4.69, 9.17) is 5.11 Å². The number of rotatable bonds is 4. The van der Waals surface area contributed by atoms with E-state index in [1.165, 1.54) is 11.8 Å². The SMILES string of the molecule is CSC(CO)C(C)N=C1NC(=O)C(=O)N1. The zero-order valence-corrected chi connectivity index (χ0v) is 9.30. The standard InChI is InChI=1S/C8H13N3O3S/c1-4(5(3-12)15-2)9-8-10-6(13)7(14)11-8/h4-5,12H,3H2,1-2H3,(H2,9,10,11,13,14). The number of hydrogen-bond acceptors (Lipinski definition) is 5. The molecule has 0 aromatic carbocycles. The summed E-state index contributed by atoms with van der Waals surface area (Å²) < 4.78 is 0. The Balaban J connectivity index is 2.63. The molecule has 0 saturated carbocycles. The van der Waals surface area contributed by atoms with Crippen LogP contribution in [-0.2, 0) is 9.59 Å². The van der Waals surface area contributed by atoms with Gasteiger partial charge >= 0.3 is 11.8 Å². The Labute approximate surface area is 91.5 Å². The van der Waals surface area contributed by atoms with Crippen molar-refractivity contribution in [1.29, 1.82) is 0 Å². The Kier molecular flexibility index (Phi) is 4.10. The summed E-state index contributed by atoms with van der Waals surface area (Å²) in [7, 11) is 0. The van der Waals surface area contributed by atoms with Crippen LogP contribution in [0.5, 0.6) is 0 Å². The highest BCUT2D eigenvalue weighted by atomic mass is 32.2. The van der Waals surface area contributed by atoms with Crippen LogP contribution in [0.3, 0.4) is 0 Å². The molecule has 0 aliphatic carbocycles. The van der Waals surface area contributed by atoms with Crippen LogP contribution >= 0.6 is 11.8 Å². The van der Waals surface area contributed by atoms with Crippen LogP contribution < -0.4 is 10.6 Å². The Bertz CT molecular complexity index is 284. The monoisotopic (exact) mass is 231 g/mol. The quantitative estimate of drug-likeness (QED) is 0.525. The zero-order chi connectivity index (χ0) is 11.4. The molecule has 1 heterocycles. The zero-order valence-electron chi connectivity index (χ0n) is 8.48. The maximum Gasteiger partial charge on any atom is 0.316 e. The number of nitrogens with one attached hydrogen (secondary N) is 2. The lowest BCUT2D eigenvalue weighted by molar-refractivity contribution is -0.135. The molecule has 0 radical (unpaired) electrons. The van der Waals surface area contributed by atoms with E-state index in [1.54, 1.807) is 6.92 Å². The molecule has 0 bridgehead atoms. The fourth-order valence-electron chi connectivity index (χ4n) is 1.14. The molecule has 1 rings (SSSR count). The molecule has 0 spiro atoms. The third-order valence-corrected chi connectivity index (χ3v) is 3.17. The summed E-state index contributed by atoms with van der Waals surface area (Å²) in [6.07, 6.45) is 1.86. The fraction of sp³-hybridized carbons (Fsp3) is 0.625. The van der Waals surface area contributed by atoms with E-state index in [9.17, 15) is 9.59 Å².